The summed E-state index contributed by atoms with van der Waals surface area (Å²) in [7, 11) is 0. The van der Waals surface area contributed by atoms with Gasteiger partial charge >= 0.3 is 0 Å². The highest BCUT2D eigenvalue weighted by Gasteiger charge is 2.13. The fraction of sp³-hybridized carbons (Fsp3) is 0.143. The molecule has 0 aliphatic carbocycles. The van der Waals surface area contributed by atoms with Gasteiger partial charge in [0.15, 0.2) is 11.6 Å². The van der Waals surface area contributed by atoms with Crippen molar-refractivity contribution in [2.24, 2.45) is 0 Å². The van der Waals surface area contributed by atoms with E-state index in [4.69, 9.17) is 21.8 Å². The van der Waals surface area contributed by atoms with Gasteiger partial charge in [-0.1, -0.05) is 27.5 Å². The second kappa shape index (κ2) is 3.60. The normalized spacial score (nSPS) is 10.3. The number of aliphatic hydroxyl groups excluding tert-OH is 1. The van der Waals surface area contributed by atoms with Crippen molar-refractivity contribution in [3.8, 4) is 5.75 Å². The highest BCUT2D eigenvalue weighted by Crippen LogP contribution is 2.33. The second-order valence-electron chi connectivity index (χ2n) is 2.14. The second-order valence-corrected chi connectivity index (χ2v) is 3.37. The van der Waals surface area contributed by atoms with E-state index in [0.717, 1.165) is 6.07 Å². The van der Waals surface area contributed by atoms with E-state index in [1.807, 2.05) is 0 Å². The van der Waals surface area contributed by atoms with Crippen LogP contribution in [0, 0.1) is 5.82 Å². The number of aliphatic hydroxyl groups is 1. The first kappa shape index (κ1) is 9.77. The molecule has 0 heterocycles. The average molecular weight is 255 g/mol. The molecule has 0 unspecified atom stereocenters. The van der Waals surface area contributed by atoms with Crippen molar-refractivity contribution in [2.45, 2.75) is 6.61 Å². The van der Waals surface area contributed by atoms with Crippen LogP contribution in [0.1, 0.15) is 5.56 Å². The molecule has 0 saturated carbocycles. The fourth-order valence-electron chi connectivity index (χ4n) is 0.765. The monoisotopic (exact) mass is 254 g/mol. The van der Waals surface area contributed by atoms with Crippen molar-refractivity contribution in [1.82, 2.24) is 0 Å². The molecule has 0 amide bonds. The van der Waals surface area contributed by atoms with E-state index in [2.05, 4.69) is 15.9 Å². The number of aromatic hydroxyl groups is 1. The summed E-state index contributed by atoms with van der Waals surface area (Å²) in [6.07, 6.45) is 0. The molecule has 0 atom stereocenters. The lowest BCUT2D eigenvalue weighted by molar-refractivity contribution is 0.280. The third-order valence-electron chi connectivity index (χ3n) is 1.39. The van der Waals surface area contributed by atoms with Crippen LogP contribution in [0.5, 0.6) is 5.75 Å². The predicted octanol–water partition coefficient (Wildman–Crippen LogP) is 2.44. The Labute approximate surface area is 81.7 Å². The zero-order chi connectivity index (χ0) is 9.30. The van der Waals surface area contributed by atoms with Crippen molar-refractivity contribution in [3.63, 3.8) is 0 Å². The summed E-state index contributed by atoms with van der Waals surface area (Å²) in [5.41, 5.74) is 0.229. The topological polar surface area (TPSA) is 40.5 Å². The molecule has 0 saturated heterocycles. The van der Waals surface area contributed by atoms with Gasteiger partial charge in [0.1, 0.15) is 0 Å². The minimum atomic E-state index is -0.913. The zero-order valence-corrected chi connectivity index (χ0v) is 8.15. The number of hydrogen-bond donors (Lipinski definition) is 2. The van der Waals surface area contributed by atoms with E-state index in [1.165, 1.54) is 0 Å². The van der Waals surface area contributed by atoms with Gasteiger partial charge in [-0.15, -0.1) is 0 Å². The van der Waals surface area contributed by atoms with Crippen LogP contribution in [0.25, 0.3) is 0 Å². The van der Waals surface area contributed by atoms with Crippen molar-refractivity contribution in [3.05, 3.63) is 26.9 Å². The van der Waals surface area contributed by atoms with Crippen molar-refractivity contribution < 1.29 is 14.6 Å². The Morgan fingerprint density at radius 2 is 2.17 bits per heavy atom. The van der Waals surface area contributed by atoms with E-state index >= 15 is 0 Å². The molecule has 2 N–H and O–H groups in total. The Hall–Kier alpha value is -0.320. The number of phenolic OH excluding ortho intramolecular Hbond substituents is 1. The molecule has 12 heavy (non-hydrogen) atoms. The van der Waals surface area contributed by atoms with Crippen molar-refractivity contribution in [2.75, 3.05) is 0 Å². The number of halogens is 3. The van der Waals surface area contributed by atoms with Crippen LogP contribution in [-0.4, -0.2) is 10.2 Å². The smallest absolute Gasteiger partial charge is 0.183 e. The highest BCUT2D eigenvalue weighted by molar-refractivity contribution is 9.10. The molecule has 0 fully saturated rings. The molecule has 0 aliphatic rings. The molecular formula is C7H5BrClFO2. The van der Waals surface area contributed by atoms with E-state index in [-0.39, 0.29) is 17.2 Å². The quantitative estimate of drug-likeness (QED) is 0.757. The van der Waals surface area contributed by atoms with Crippen molar-refractivity contribution >= 4 is 27.5 Å². The van der Waals surface area contributed by atoms with Crippen LogP contribution in [0.3, 0.4) is 0 Å². The maximum absolute atomic E-state index is 12.8. The van der Waals surface area contributed by atoms with Gasteiger partial charge in [-0.05, 0) is 6.07 Å². The Morgan fingerprint density at radius 3 is 2.67 bits per heavy atom. The molecule has 1 aromatic carbocycles. The molecule has 1 aromatic rings. The number of benzene rings is 1. The maximum Gasteiger partial charge on any atom is 0.183 e. The fourth-order valence-corrected chi connectivity index (χ4v) is 1.68. The van der Waals surface area contributed by atoms with Crippen LogP contribution in [0.15, 0.2) is 10.5 Å². The third-order valence-corrected chi connectivity index (χ3v) is 2.49. The summed E-state index contributed by atoms with van der Waals surface area (Å²) in [6, 6.07) is 1.15. The Bertz CT molecular complexity index is 317. The standard InChI is InChI=1S/C7H5BrClFO2/c8-4-1-5(12)7(10)6(9)3(4)2-11/h1,11-12H,2H2. The summed E-state index contributed by atoms with van der Waals surface area (Å²) < 4.78 is 13.2. The number of phenols is 1. The first-order chi connectivity index (χ1) is 5.57. The number of rotatable bonds is 1. The lowest BCUT2D eigenvalue weighted by Crippen LogP contribution is -1.91. The van der Waals surface area contributed by atoms with E-state index in [1.54, 1.807) is 0 Å². The summed E-state index contributed by atoms with van der Waals surface area (Å²) in [4.78, 5) is 0. The Morgan fingerprint density at radius 1 is 1.58 bits per heavy atom. The Balaban J connectivity index is 3.40. The van der Waals surface area contributed by atoms with E-state index in [9.17, 15) is 4.39 Å². The van der Waals surface area contributed by atoms with Gasteiger partial charge in [0, 0.05) is 10.0 Å². The molecule has 1 rings (SSSR count). The molecule has 2 nitrogen and oxygen atoms in total. The summed E-state index contributed by atoms with van der Waals surface area (Å²) >= 11 is 8.50. The van der Waals surface area contributed by atoms with Crippen LogP contribution in [-0.2, 0) is 6.61 Å². The largest absolute Gasteiger partial charge is 0.505 e. The zero-order valence-electron chi connectivity index (χ0n) is 5.81. The highest BCUT2D eigenvalue weighted by atomic mass is 79.9. The van der Waals surface area contributed by atoms with Gasteiger partial charge in [0.05, 0.1) is 11.6 Å². The lowest BCUT2D eigenvalue weighted by atomic mass is 10.2. The Kier molecular flexibility index (Phi) is 2.93. The van der Waals surface area contributed by atoms with Gasteiger partial charge in [-0.2, -0.15) is 0 Å². The summed E-state index contributed by atoms with van der Waals surface area (Å²) in [5.74, 6) is -1.45. The maximum atomic E-state index is 12.8. The molecule has 0 radical (unpaired) electrons. The molecule has 66 valence electrons. The van der Waals surface area contributed by atoms with Crippen LogP contribution < -0.4 is 0 Å². The molecule has 0 aromatic heterocycles. The van der Waals surface area contributed by atoms with Gasteiger partial charge in [0.2, 0.25) is 0 Å². The van der Waals surface area contributed by atoms with Crippen LogP contribution >= 0.6 is 27.5 Å². The number of hydrogen-bond acceptors (Lipinski definition) is 2. The van der Waals surface area contributed by atoms with Gasteiger partial charge in [-0.3, -0.25) is 0 Å². The van der Waals surface area contributed by atoms with E-state index < -0.39 is 11.6 Å². The van der Waals surface area contributed by atoms with Crippen molar-refractivity contribution in [1.29, 1.82) is 0 Å². The lowest BCUT2D eigenvalue weighted by Gasteiger charge is -2.05. The predicted molar refractivity (Wildman–Crippen MR) is 46.7 cm³/mol. The van der Waals surface area contributed by atoms with Crippen LogP contribution in [0.4, 0.5) is 4.39 Å². The van der Waals surface area contributed by atoms with Gasteiger partial charge < -0.3 is 10.2 Å². The first-order valence-corrected chi connectivity index (χ1v) is 4.21. The molecular weight excluding hydrogens is 250 g/mol. The van der Waals surface area contributed by atoms with Gasteiger partial charge in [0.25, 0.3) is 0 Å². The summed E-state index contributed by atoms with van der Waals surface area (Å²) in [6.45, 7) is -0.378. The minimum absolute atomic E-state index is 0.229. The first-order valence-electron chi connectivity index (χ1n) is 3.04. The van der Waals surface area contributed by atoms with E-state index in [0.29, 0.717) is 4.47 Å². The third kappa shape index (κ3) is 1.55. The van der Waals surface area contributed by atoms with Crippen LogP contribution in [0.2, 0.25) is 5.02 Å². The molecule has 0 spiro atoms. The summed E-state index contributed by atoms with van der Waals surface area (Å²) in [5, 5.41) is 17.4. The SMILES string of the molecule is OCc1c(Br)cc(O)c(F)c1Cl. The molecule has 0 bridgehead atoms. The minimum Gasteiger partial charge on any atom is -0.505 e. The average Bonchev–Trinajstić information content (AvgIpc) is 2.01. The molecule has 5 heteroatoms. The molecule has 0 aliphatic heterocycles. The van der Waals surface area contributed by atoms with Gasteiger partial charge in [-0.25, -0.2) is 4.39 Å².